The van der Waals surface area contributed by atoms with E-state index in [0.29, 0.717) is 24.4 Å². The molecule has 2 amide bonds. The minimum Gasteiger partial charge on any atom is -0.343 e. The summed E-state index contributed by atoms with van der Waals surface area (Å²) < 4.78 is 0. The molecule has 6 heteroatoms. The predicted octanol–water partition coefficient (Wildman–Crippen LogP) is 1.74. The highest BCUT2D eigenvalue weighted by molar-refractivity contribution is 6.30. The normalized spacial score (nSPS) is 21.1. The molecule has 0 aliphatic carbocycles. The lowest BCUT2D eigenvalue weighted by molar-refractivity contribution is -0.136. The fourth-order valence-corrected chi connectivity index (χ4v) is 2.58. The molecule has 1 aliphatic heterocycles. The maximum atomic E-state index is 12.1. The Morgan fingerprint density at radius 3 is 2.36 bits per heavy atom. The van der Waals surface area contributed by atoms with Crippen molar-refractivity contribution in [1.29, 1.82) is 0 Å². The van der Waals surface area contributed by atoms with Gasteiger partial charge in [-0.05, 0) is 43.7 Å². The summed E-state index contributed by atoms with van der Waals surface area (Å²) in [4.78, 5) is 28.0. The fourth-order valence-electron chi connectivity index (χ4n) is 2.45. The van der Waals surface area contributed by atoms with Crippen LogP contribution in [0.2, 0.25) is 5.02 Å². The third-order valence-electron chi connectivity index (χ3n) is 3.68. The number of aliphatic imine (C=N–C) groups is 1. The lowest BCUT2D eigenvalue weighted by atomic mass is 10.00. The highest BCUT2D eigenvalue weighted by atomic mass is 35.5. The lowest BCUT2D eigenvalue weighted by Gasteiger charge is -2.29. The third-order valence-corrected chi connectivity index (χ3v) is 3.93. The third kappa shape index (κ3) is 4.56. The van der Waals surface area contributed by atoms with Gasteiger partial charge in [0.1, 0.15) is 12.1 Å². The Morgan fingerprint density at radius 2 is 1.68 bits per heavy atom. The second-order valence-electron chi connectivity index (χ2n) is 5.40. The Kier molecular flexibility index (Phi) is 5.95. The number of rotatable bonds is 7. The molecule has 0 radical (unpaired) electrons. The molecule has 1 saturated heterocycles. The minimum absolute atomic E-state index is 0.120. The van der Waals surface area contributed by atoms with E-state index >= 15 is 0 Å². The van der Waals surface area contributed by atoms with Crippen molar-refractivity contribution in [2.24, 2.45) is 4.99 Å². The van der Waals surface area contributed by atoms with E-state index in [4.69, 9.17) is 11.6 Å². The summed E-state index contributed by atoms with van der Waals surface area (Å²) >= 11 is 5.84. The van der Waals surface area contributed by atoms with Crippen LogP contribution in [-0.2, 0) is 16.0 Å². The van der Waals surface area contributed by atoms with Gasteiger partial charge in [0.25, 0.3) is 0 Å². The van der Waals surface area contributed by atoms with E-state index in [-0.39, 0.29) is 11.8 Å². The van der Waals surface area contributed by atoms with Gasteiger partial charge in [-0.1, -0.05) is 23.7 Å². The largest absolute Gasteiger partial charge is 0.343 e. The van der Waals surface area contributed by atoms with Crippen LogP contribution in [0, 0.1) is 0 Å². The van der Waals surface area contributed by atoms with E-state index in [1.165, 1.54) is 0 Å². The lowest BCUT2D eigenvalue weighted by Crippen LogP contribution is -2.62. The Bertz CT molecular complexity index is 545. The predicted molar refractivity (Wildman–Crippen MR) is 87.3 cm³/mol. The summed E-state index contributed by atoms with van der Waals surface area (Å²) in [6.07, 6.45) is 2.79. The van der Waals surface area contributed by atoms with E-state index in [0.717, 1.165) is 18.4 Å². The van der Waals surface area contributed by atoms with Gasteiger partial charge in [-0.25, -0.2) is 0 Å². The number of halogens is 1. The molecule has 1 aliphatic rings. The highest BCUT2D eigenvalue weighted by Gasteiger charge is 2.32. The molecule has 1 heterocycles. The number of benzene rings is 1. The SMILES string of the molecule is C=NCCCC[C@@H]1NC(=O)[C@H](Cc2ccc(Cl)cc2)NC1=O. The van der Waals surface area contributed by atoms with Gasteiger partial charge in [0.05, 0.1) is 0 Å². The molecule has 5 nitrogen and oxygen atoms in total. The molecule has 1 aromatic carbocycles. The van der Waals surface area contributed by atoms with Crippen LogP contribution in [0.5, 0.6) is 0 Å². The second kappa shape index (κ2) is 7.94. The molecule has 22 heavy (non-hydrogen) atoms. The Balaban J connectivity index is 1.87. The van der Waals surface area contributed by atoms with Crippen LogP contribution in [0.15, 0.2) is 29.3 Å². The average Bonchev–Trinajstić information content (AvgIpc) is 2.50. The monoisotopic (exact) mass is 321 g/mol. The molecule has 2 rings (SSSR count). The summed E-state index contributed by atoms with van der Waals surface area (Å²) in [7, 11) is 0. The van der Waals surface area contributed by atoms with Gasteiger partial charge in [-0.2, -0.15) is 0 Å². The van der Waals surface area contributed by atoms with Gasteiger partial charge in [-0.15, -0.1) is 0 Å². The summed E-state index contributed by atoms with van der Waals surface area (Å²) in [6, 6.07) is 6.29. The minimum atomic E-state index is -0.528. The van der Waals surface area contributed by atoms with Crippen molar-refractivity contribution in [2.75, 3.05) is 6.54 Å². The Morgan fingerprint density at radius 1 is 1.05 bits per heavy atom. The summed E-state index contributed by atoms with van der Waals surface area (Å²) in [5, 5.41) is 6.25. The average molecular weight is 322 g/mol. The fraction of sp³-hybridized carbons (Fsp3) is 0.438. The molecule has 0 bridgehead atoms. The van der Waals surface area contributed by atoms with Crippen LogP contribution in [0.1, 0.15) is 24.8 Å². The van der Waals surface area contributed by atoms with Crippen molar-refractivity contribution in [3.8, 4) is 0 Å². The summed E-state index contributed by atoms with van der Waals surface area (Å²) in [5.74, 6) is -0.258. The van der Waals surface area contributed by atoms with E-state index in [9.17, 15) is 9.59 Å². The molecular formula is C16H20ClN3O2. The number of carbonyl (C=O) groups is 2. The number of unbranched alkanes of at least 4 members (excludes halogenated alkanes) is 1. The number of hydrogen-bond donors (Lipinski definition) is 2. The Hall–Kier alpha value is -1.88. The van der Waals surface area contributed by atoms with Crippen LogP contribution >= 0.6 is 11.6 Å². The number of nitrogens with one attached hydrogen (secondary N) is 2. The van der Waals surface area contributed by atoms with Gasteiger partial charge in [0.2, 0.25) is 11.8 Å². The number of amides is 2. The first-order chi connectivity index (χ1) is 10.6. The summed E-state index contributed by atoms with van der Waals surface area (Å²) in [6.45, 7) is 4.10. The van der Waals surface area contributed by atoms with E-state index < -0.39 is 12.1 Å². The number of piperazine rings is 1. The van der Waals surface area contributed by atoms with Crippen LogP contribution < -0.4 is 10.6 Å². The Labute approximate surface area is 135 Å². The first-order valence-electron chi connectivity index (χ1n) is 7.38. The van der Waals surface area contributed by atoms with E-state index in [1.807, 2.05) is 12.1 Å². The molecule has 2 N–H and O–H groups in total. The van der Waals surface area contributed by atoms with Crippen LogP contribution in [-0.4, -0.2) is 37.2 Å². The first-order valence-corrected chi connectivity index (χ1v) is 7.75. The second-order valence-corrected chi connectivity index (χ2v) is 5.83. The standard InChI is InChI=1S/C16H20ClN3O2/c1-18-9-3-2-4-13-15(21)20-14(16(22)19-13)10-11-5-7-12(17)8-6-11/h5-8,13-14H,1-4,9-10H2,(H,19,22)(H,20,21)/t13-,14-/m0/s1. The van der Waals surface area contributed by atoms with Crippen molar-refractivity contribution >= 4 is 30.1 Å². The molecule has 1 aromatic rings. The maximum absolute atomic E-state index is 12.1. The topological polar surface area (TPSA) is 70.6 Å². The number of carbonyl (C=O) groups excluding carboxylic acids is 2. The molecule has 0 saturated carbocycles. The van der Waals surface area contributed by atoms with Crippen LogP contribution in [0.3, 0.4) is 0 Å². The van der Waals surface area contributed by atoms with Gasteiger partial charge in [0.15, 0.2) is 0 Å². The number of hydrogen-bond acceptors (Lipinski definition) is 3. The van der Waals surface area contributed by atoms with Crippen molar-refractivity contribution in [2.45, 2.75) is 37.8 Å². The zero-order valence-electron chi connectivity index (χ0n) is 12.3. The molecular weight excluding hydrogens is 302 g/mol. The van der Waals surface area contributed by atoms with Crippen molar-refractivity contribution in [3.05, 3.63) is 34.9 Å². The summed E-state index contributed by atoms with van der Waals surface area (Å²) in [5.41, 5.74) is 0.959. The maximum Gasteiger partial charge on any atom is 0.243 e. The van der Waals surface area contributed by atoms with Gasteiger partial charge in [0, 0.05) is 18.0 Å². The zero-order valence-corrected chi connectivity index (χ0v) is 13.1. The molecule has 1 fully saturated rings. The van der Waals surface area contributed by atoms with Gasteiger partial charge in [-0.3, -0.25) is 9.59 Å². The molecule has 0 spiro atoms. The zero-order chi connectivity index (χ0) is 15.9. The highest BCUT2D eigenvalue weighted by Crippen LogP contribution is 2.13. The van der Waals surface area contributed by atoms with E-state index in [2.05, 4.69) is 22.3 Å². The van der Waals surface area contributed by atoms with Crippen molar-refractivity contribution in [3.63, 3.8) is 0 Å². The molecule has 0 unspecified atom stereocenters. The van der Waals surface area contributed by atoms with Gasteiger partial charge < -0.3 is 15.6 Å². The molecule has 0 aromatic heterocycles. The van der Waals surface area contributed by atoms with Crippen LogP contribution in [0.4, 0.5) is 0 Å². The van der Waals surface area contributed by atoms with Crippen LogP contribution in [0.25, 0.3) is 0 Å². The smallest absolute Gasteiger partial charge is 0.243 e. The van der Waals surface area contributed by atoms with E-state index in [1.54, 1.807) is 12.1 Å². The number of nitrogens with zero attached hydrogens (tertiary/aromatic N) is 1. The van der Waals surface area contributed by atoms with Crippen molar-refractivity contribution < 1.29 is 9.59 Å². The first kappa shape index (κ1) is 16.5. The molecule has 2 atom stereocenters. The molecule has 118 valence electrons. The van der Waals surface area contributed by atoms with Crippen molar-refractivity contribution in [1.82, 2.24) is 10.6 Å². The quantitative estimate of drug-likeness (QED) is 0.593. The van der Waals surface area contributed by atoms with Gasteiger partial charge >= 0.3 is 0 Å².